The maximum Gasteiger partial charge on any atom is 0.255 e. The molecule has 1 heterocycles. The second-order valence-electron chi connectivity index (χ2n) is 6.94. The van der Waals surface area contributed by atoms with Crippen LogP contribution in [-0.4, -0.2) is 42.7 Å². The van der Waals surface area contributed by atoms with Gasteiger partial charge in [-0.25, -0.2) is 0 Å². The lowest BCUT2D eigenvalue weighted by molar-refractivity contribution is 0.0932. The number of rotatable bonds is 6. The van der Waals surface area contributed by atoms with E-state index in [1.165, 1.54) is 17.7 Å². The lowest BCUT2D eigenvalue weighted by atomic mass is 9.96. The van der Waals surface area contributed by atoms with Crippen molar-refractivity contribution < 1.29 is 14.6 Å². The van der Waals surface area contributed by atoms with E-state index in [0.717, 1.165) is 38.2 Å². The number of nitrogens with one attached hydrogen (secondary N) is 1. The zero-order valence-electron chi connectivity index (χ0n) is 15.5. The molecule has 1 aliphatic heterocycles. The number of amides is 1. The number of hydrogen-bond acceptors (Lipinski definition) is 4. The molecule has 1 amide bonds. The Morgan fingerprint density at radius 2 is 1.93 bits per heavy atom. The summed E-state index contributed by atoms with van der Waals surface area (Å²) in [6.45, 7) is 3.56. The molecule has 144 valence electrons. The predicted molar refractivity (Wildman–Crippen MR) is 106 cm³/mol. The van der Waals surface area contributed by atoms with E-state index in [1.54, 1.807) is 13.2 Å². The van der Waals surface area contributed by atoms with Crippen molar-refractivity contribution in [3.8, 4) is 11.5 Å². The van der Waals surface area contributed by atoms with Gasteiger partial charge in [0.15, 0.2) is 0 Å². The first-order chi connectivity index (χ1) is 13.0. The number of carbonyl (C=O) groups is 1. The van der Waals surface area contributed by atoms with E-state index in [0.29, 0.717) is 17.5 Å². The number of piperidine rings is 1. The zero-order chi connectivity index (χ0) is 19.2. The highest BCUT2D eigenvalue weighted by atomic mass is 35.5. The number of hydrogen-bond donors (Lipinski definition) is 2. The minimum absolute atomic E-state index is 0.0498. The van der Waals surface area contributed by atoms with Gasteiger partial charge in [0.25, 0.3) is 5.91 Å². The molecule has 2 aromatic rings. The maximum absolute atomic E-state index is 12.3. The lowest BCUT2D eigenvalue weighted by Gasteiger charge is -2.32. The molecule has 2 N–H and O–H groups in total. The second kappa shape index (κ2) is 9.11. The number of nitrogens with zero attached hydrogens (tertiary/aromatic N) is 1. The van der Waals surface area contributed by atoms with Gasteiger partial charge >= 0.3 is 0 Å². The third-order valence-corrected chi connectivity index (χ3v) is 5.26. The van der Waals surface area contributed by atoms with E-state index >= 15 is 0 Å². The van der Waals surface area contributed by atoms with Crippen LogP contribution in [0.15, 0.2) is 42.5 Å². The molecular formula is C21H25ClN2O3. The molecule has 0 unspecified atom stereocenters. The summed E-state index contributed by atoms with van der Waals surface area (Å²) in [7, 11) is 1.67. The molecule has 0 spiro atoms. The highest BCUT2D eigenvalue weighted by Crippen LogP contribution is 2.22. The Labute approximate surface area is 164 Å². The van der Waals surface area contributed by atoms with Gasteiger partial charge in [-0.1, -0.05) is 23.7 Å². The van der Waals surface area contributed by atoms with Crippen LogP contribution in [0.4, 0.5) is 0 Å². The molecule has 0 bridgehead atoms. The minimum atomic E-state index is -0.282. The van der Waals surface area contributed by atoms with Crippen LogP contribution in [0.5, 0.6) is 11.5 Å². The number of aromatic hydroxyl groups is 1. The van der Waals surface area contributed by atoms with Crippen molar-refractivity contribution in [2.24, 2.45) is 5.92 Å². The molecule has 1 fully saturated rings. The number of benzene rings is 2. The Bertz CT molecular complexity index is 771. The summed E-state index contributed by atoms with van der Waals surface area (Å²) in [5, 5.41) is 13.2. The van der Waals surface area contributed by atoms with E-state index in [4.69, 9.17) is 16.3 Å². The van der Waals surface area contributed by atoms with E-state index in [1.807, 2.05) is 12.1 Å². The van der Waals surface area contributed by atoms with Crippen molar-refractivity contribution in [1.82, 2.24) is 10.2 Å². The maximum atomic E-state index is 12.3. The number of halogens is 1. The SMILES string of the molecule is COc1ccc(CN2CCC(CNC(=O)c3cc(Cl)ccc3O)CC2)cc1. The van der Waals surface area contributed by atoms with Gasteiger partial charge in [0.2, 0.25) is 0 Å². The van der Waals surface area contributed by atoms with Gasteiger partial charge in [0, 0.05) is 18.1 Å². The number of ether oxygens (including phenoxy) is 1. The van der Waals surface area contributed by atoms with Crippen molar-refractivity contribution >= 4 is 17.5 Å². The van der Waals surface area contributed by atoms with Crippen LogP contribution in [0.1, 0.15) is 28.8 Å². The Kier molecular flexibility index (Phi) is 6.58. The minimum Gasteiger partial charge on any atom is -0.507 e. The average Bonchev–Trinajstić information content (AvgIpc) is 2.69. The third-order valence-electron chi connectivity index (χ3n) is 5.03. The normalized spacial score (nSPS) is 15.5. The number of phenolic OH excluding ortho intramolecular Hbond substituents is 1. The van der Waals surface area contributed by atoms with Gasteiger partial charge in [0.1, 0.15) is 11.5 Å². The molecule has 5 nitrogen and oxygen atoms in total. The molecule has 1 saturated heterocycles. The van der Waals surface area contributed by atoms with Crippen molar-refractivity contribution in [1.29, 1.82) is 0 Å². The Balaban J connectivity index is 1.44. The van der Waals surface area contributed by atoms with Crippen molar-refractivity contribution in [2.75, 3.05) is 26.7 Å². The monoisotopic (exact) mass is 388 g/mol. The first kappa shape index (κ1) is 19.5. The van der Waals surface area contributed by atoms with Gasteiger partial charge in [-0.3, -0.25) is 9.69 Å². The third kappa shape index (κ3) is 5.37. The summed E-state index contributed by atoms with van der Waals surface area (Å²) in [6.07, 6.45) is 2.08. The van der Waals surface area contributed by atoms with Crippen molar-refractivity contribution in [3.63, 3.8) is 0 Å². The topological polar surface area (TPSA) is 61.8 Å². The molecular weight excluding hydrogens is 364 g/mol. The molecule has 0 radical (unpaired) electrons. The molecule has 0 saturated carbocycles. The van der Waals surface area contributed by atoms with Crippen molar-refractivity contribution in [3.05, 3.63) is 58.6 Å². The van der Waals surface area contributed by atoms with E-state index < -0.39 is 0 Å². The summed E-state index contributed by atoms with van der Waals surface area (Å²) in [6, 6.07) is 12.7. The molecule has 3 rings (SSSR count). The van der Waals surface area contributed by atoms with Crippen LogP contribution in [-0.2, 0) is 6.54 Å². The summed E-state index contributed by atoms with van der Waals surface area (Å²) in [5.74, 6) is 0.989. The summed E-state index contributed by atoms with van der Waals surface area (Å²) in [5.41, 5.74) is 1.50. The van der Waals surface area contributed by atoms with Crippen LogP contribution in [0, 0.1) is 5.92 Å². The predicted octanol–water partition coefficient (Wildman–Crippen LogP) is 3.70. The second-order valence-corrected chi connectivity index (χ2v) is 7.38. The Hall–Kier alpha value is -2.24. The molecule has 0 atom stereocenters. The standard InChI is InChI=1S/C21H25ClN2O3/c1-27-18-5-2-16(3-6-18)14-24-10-8-15(9-11-24)13-23-21(26)19-12-17(22)4-7-20(19)25/h2-7,12,15,25H,8-11,13-14H2,1H3,(H,23,26). The fourth-order valence-electron chi connectivity index (χ4n) is 3.36. The first-order valence-electron chi connectivity index (χ1n) is 9.17. The first-order valence-corrected chi connectivity index (χ1v) is 9.55. The molecule has 1 aliphatic rings. The zero-order valence-corrected chi connectivity index (χ0v) is 16.2. The number of carbonyl (C=O) groups excluding carboxylic acids is 1. The quantitative estimate of drug-likeness (QED) is 0.792. The van der Waals surface area contributed by atoms with Gasteiger partial charge in [0.05, 0.1) is 12.7 Å². The number of likely N-dealkylation sites (tertiary alicyclic amines) is 1. The summed E-state index contributed by atoms with van der Waals surface area (Å²) < 4.78 is 5.19. The van der Waals surface area contributed by atoms with Crippen LogP contribution in [0.3, 0.4) is 0 Å². The summed E-state index contributed by atoms with van der Waals surface area (Å²) >= 11 is 5.91. The number of phenols is 1. The largest absolute Gasteiger partial charge is 0.507 e. The van der Waals surface area contributed by atoms with E-state index in [-0.39, 0.29) is 17.2 Å². The highest BCUT2D eigenvalue weighted by Gasteiger charge is 2.20. The van der Waals surface area contributed by atoms with Gasteiger partial charge in [-0.2, -0.15) is 0 Å². The Morgan fingerprint density at radius 3 is 2.59 bits per heavy atom. The molecule has 0 aliphatic carbocycles. The van der Waals surface area contributed by atoms with E-state index in [2.05, 4.69) is 22.3 Å². The fraction of sp³-hybridized carbons (Fsp3) is 0.381. The molecule has 27 heavy (non-hydrogen) atoms. The van der Waals surface area contributed by atoms with E-state index in [9.17, 15) is 9.90 Å². The van der Waals surface area contributed by atoms with Gasteiger partial charge < -0.3 is 15.2 Å². The van der Waals surface area contributed by atoms with Gasteiger partial charge in [-0.15, -0.1) is 0 Å². The van der Waals surface area contributed by atoms with Crippen molar-refractivity contribution in [2.45, 2.75) is 19.4 Å². The average molecular weight is 389 g/mol. The van der Waals surface area contributed by atoms with Crippen LogP contribution < -0.4 is 10.1 Å². The molecule has 6 heteroatoms. The van der Waals surface area contributed by atoms with Crippen LogP contribution in [0.2, 0.25) is 5.02 Å². The molecule has 0 aromatic heterocycles. The fourth-order valence-corrected chi connectivity index (χ4v) is 3.53. The summed E-state index contributed by atoms with van der Waals surface area (Å²) in [4.78, 5) is 14.7. The Morgan fingerprint density at radius 1 is 1.22 bits per heavy atom. The lowest BCUT2D eigenvalue weighted by Crippen LogP contribution is -2.38. The smallest absolute Gasteiger partial charge is 0.255 e. The van der Waals surface area contributed by atoms with Crippen LogP contribution in [0.25, 0.3) is 0 Å². The van der Waals surface area contributed by atoms with Gasteiger partial charge in [-0.05, 0) is 67.7 Å². The molecule has 2 aromatic carbocycles. The number of methoxy groups -OCH3 is 1. The highest BCUT2D eigenvalue weighted by molar-refractivity contribution is 6.31. The van der Waals surface area contributed by atoms with Crippen LogP contribution >= 0.6 is 11.6 Å².